The largest absolute Gasteiger partial charge is 0.465 e. The van der Waals surface area contributed by atoms with Gasteiger partial charge in [-0.25, -0.2) is 0 Å². The summed E-state index contributed by atoms with van der Waals surface area (Å²) in [5.74, 6) is -1.59. The fraction of sp³-hybridized carbons (Fsp3) is 0.423. The van der Waals surface area contributed by atoms with Gasteiger partial charge in [0.1, 0.15) is 5.41 Å². The Morgan fingerprint density at radius 2 is 2.06 bits per heavy atom. The maximum absolute atomic E-state index is 13.7. The van der Waals surface area contributed by atoms with Crippen molar-refractivity contribution in [2.24, 2.45) is 11.3 Å². The van der Waals surface area contributed by atoms with Gasteiger partial charge in [-0.2, -0.15) is 0 Å². The van der Waals surface area contributed by atoms with Gasteiger partial charge in [0, 0.05) is 28.6 Å². The molecule has 2 aromatic rings. The molecule has 1 aromatic heterocycles. The first kappa shape index (κ1) is 24.5. The van der Waals surface area contributed by atoms with Crippen LogP contribution in [0.15, 0.2) is 53.6 Å². The fourth-order valence-corrected chi connectivity index (χ4v) is 5.77. The second-order valence-corrected chi connectivity index (χ2v) is 10.1. The number of rotatable bonds is 9. The van der Waals surface area contributed by atoms with E-state index < -0.39 is 17.3 Å². The summed E-state index contributed by atoms with van der Waals surface area (Å²) < 4.78 is 5.49. The van der Waals surface area contributed by atoms with Gasteiger partial charge >= 0.3 is 5.97 Å². The highest BCUT2D eigenvalue weighted by Crippen LogP contribution is 2.53. The molecule has 8 heteroatoms. The zero-order valence-electron chi connectivity index (χ0n) is 19.2. The molecule has 34 heavy (non-hydrogen) atoms. The summed E-state index contributed by atoms with van der Waals surface area (Å²) in [4.78, 5) is 42.7. The van der Waals surface area contributed by atoms with Crippen molar-refractivity contribution >= 4 is 40.7 Å². The third-order valence-corrected chi connectivity index (χ3v) is 7.75. The van der Waals surface area contributed by atoms with E-state index in [1.807, 2.05) is 47.9 Å². The molecular formula is C26H29ClN2O4S. The van der Waals surface area contributed by atoms with E-state index in [1.54, 1.807) is 23.2 Å². The maximum atomic E-state index is 13.7. The number of esters is 1. The van der Waals surface area contributed by atoms with Crippen molar-refractivity contribution in [1.29, 1.82) is 0 Å². The van der Waals surface area contributed by atoms with Crippen molar-refractivity contribution < 1.29 is 19.1 Å². The molecule has 1 saturated heterocycles. The van der Waals surface area contributed by atoms with E-state index in [4.69, 9.17) is 16.3 Å². The van der Waals surface area contributed by atoms with Gasteiger partial charge in [-0.15, -0.1) is 11.3 Å². The van der Waals surface area contributed by atoms with E-state index in [0.717, 1.165) is 23.3 Å². The van der Waals surface area contributed by atoms with Gasteiger partial charge in [-0.3, -0.25) is 14.4 Å². The molecule has 6 nitrogen and oxygen atoms in total. The SMILES string of the molecule is CCOC(=O)[C@@]12CCCC=C1N(CCc1ccc(Cl)cc1)C(=O)[C@H]2CC(=O)NCc1cccs1. The summed E-state index contributed by atoms with van der Waals surface area (Å²) in [5, 5.41) is 5.52. The lowest BCUT2D eigenvalue weighted by Crippen LogP contribution is -2.43. The molecule has 0 saturated carbocycles. The van der Waals surface area contributed by atoms with E-state index in [1.165, 1.54) is 0 Å². The first-order valence-electron chi connectivity index (χ1n) is 11.7. The van der Waals surface area contributed by atoms with E-state index >= 15 is 0 Å². The predicted octanol–water partition coefficient (Wildman–Crippen LogP) is 4.73. The van der Waals surface area contributed by atoms with E-state index in [9.17, 15) is 14.4 Å². The highest BCUT2D eigenvalue weighted by Gasteiger charge is 2.61. The van der Waals surface area contributed by atoms with Crippen LogP contribution in [0.2, 0.25) is 5.02 Å². The van der Waals surface area contributed by atoms with E-state index in [2.05, 4.69) is 5.32 Å². The van der Waals surface area contributed by atoms with Crippen LogP contribution in [-0.2, 0) is 32.1 Å². The van der Waals surface area contributed by atoms with E-state index in [0.29, 0.717) is 36.7 Å². The van der Waals surface area contributed by atoms with Gasteiger partial charge in [-0.1, -0.05) is 35.9 Å². The standard InChI is InChI=1S/C26H29ClN2O4S/c1-2-33-25(32)26-13-4-3-7-22(26)29(14-12-18-8-10-19(27)11-9-18)24(31)21(26)16-23(30)28-17-20-6-5-15-34-20/h5-11,15,21H,2-4,12-14,16-17H2,1H3,(H,28,30)/t21-,26-/m1/s1. The number of allylic oxidation sites excluding steroid dienone is 1. The van der Waals surface area contributed by atoms with Gasteiger partial charge in [-0.05, 0) is 61.7 Å². The molecule has 4 rings (SSSR count). The number of amides is 2. The Kier molecular flexibility index (Phi) is 7.73. The zero-order chi connectivity index (χ0) is 24.1. The molecule has 0 radical (unpaired) electrons. The van der Waals surface area contributed by atoms with Crippen molar-refractivity contribution in [3.8, 4) is 0 Å². The molecule has 2 heterocycles. The van der Waals surface area contributed by atoms with Crippen molar-refractivity contribution in [2.45, 2.75) is 45.6 Å². The Bertz CT molecular complexity index is 1070. The third-order valence-electron chi connectivity index (χ3n) is 6.63. The smallest absolute Gasteiger partial charge is 0.318 e. The molecule has 1 aliphatic carbocycles. The summed E-state index contributed by atoms with van der Waals surface area (Å²) in [6, 6.07) is 11.4. The predicted molar refractivity (Wildman–Crippen MR) is 132 cm³/mol. The summed E-state index contributed by atoms with van der Waals surface area (Å²) >= 11 is 7.56. The minimum Gasteiger partial charge on any atom is -0.465 e. The molecule has 1 fully saturated rings. The number of nitrogens with one attached hydrogen (secondary N) is 1. The van der Waals surface area contributed by atoms with Crippen LogP contribution in [-0.4, -0.2) is 35.8 Å². The summed E-state index contributed by atoms with van der Waals surface area (Å²) in [5.41, 5.74) is 0.644. The number of thiophene rings is 1. The number of ether oxygens (including phenoxy) is 1. The molecule has 1 aliphatic heterocycles. The number of likely N-dealkylation sites (tertiary alicyclic amines) is 1. The zero-order valence-corrected chi connectivity index (χ0v) is 20.8. The van der Waals surface area contributed by atoms with Crippen LogP contribution in [0.3, 0.4) is 0 Å². The van der Waals surface area contributed by atoms with E-state index in [-0.39, 0.29) is 24.8 Å². The highest BCUT2D eigenvalue weighted by atomic mass is 35.5. The fourth-order valence-electron chi connectivity index (χ4n) is 5.00. The summed E-state index contributed by atoms with van der Waals surface area (Å²) in [6.07, 6.45) is 4.63. The monoisotopic (exact) mass is 500 g/mol. The number of halogens is 1. The van der Waals surface area contributed by atoms with Crippen LogP contribution >= 0.6 is 22.9 Å². The van der Waals surface area contributed by atoms with Crippen molar-refractivity contribution in [3.05, 3.63) is 69.0 Å². The van der Waals surface area contributed by atoms with Gasteiger partial charge < -0.3 is 15.0 Å². The minimum atomic E-state index is -1.11. The van der Waals surface area contributed by atoms with Crippen LogP contribution < -0.4 is 5.32 Å². The normalized spacial score (nSPS) is 21.7. The first-order valence-corrected chi connectivity index (χ1v) is 12.9. The molecular weight excluding hydrogens is 472 g/mol. The van der Waals surface area contributed by atoms with Gasteiger partial charge in [0.15, 0.2) is 0 Å². The Morgan fingerprint density at radius 3 is 2.76 bits per heavy atom. The number of carbonyl (C=O) groups excluding carboxylic acids is 3. The summed E-state index contributed by atoms with van der Waals surface area (Å²) in [7, 11) is 0. The topological polar surface area (TPSA) is 75.7 Å². The molecule has 1 N–H and O–H groups in total. The molecule has 180 valence electrons. The number of hydrogen-bond acceptors (Lipinski definition) is 5. The van der Waals surface area contributed by atoms with Gasteiger partial charge in [0.05, 0.1) is 19.1 Å². The number of fused-ring (bicyclic) bond motifs is 1. The van der Waals surface area contributed by atoms with Crippen LogP contribution in [0.4, 0.5) is 0 Å². The molecule has 2 aliphatic rings. The van der Waals surface area contributed by atoms with Gasteiger partial charge in [0.25, 0.3) is 0 Å². The number of nitrogens with zero attached hydrogens (tertiary/aromatic N) is 1. The minimum absolute atomic E-state index is 0.0438. The average molecular weight is 501 g/mol. The Labute approximate surface area is 208 Å². The van der Waals surface area contributed by atoms with Crippen LogP contribution in [0.25, 0.3) is 0 Å². The molecule has 2 amide bonds. The molecule has 1 aromatic carbocycles. The number of benzene rings is 1. The molecule has 0 unspecified atom stereocenters. The molecule has 0 spiro atoms. The lowest BCUT2D eigenvalue weighted by molar-refractivity contribution is -0.158. The lowest BCUT2D eigenvalue weighted by Gasteiger charge is -2.35. The van der Waals surface area contributed by atoms with Crippen LogP contribution in [0, 0.1) is 11.3 Å². The second kappa shape index (κ2) is 10.7. The highest BCUT2D eigenvalue weighted by molar-refractivity contribution is 7.09. The second-order valence-electron chi connectivity index (χ2n) is 8.65. The summed E-state index contributed by atoms with van der Waals surface area (Å²) in [6.45, 7) is 2.83. The van der Waals surface area contributed by atoms with Crippen LogP contribution in [0.5, 0.6) is 0 Å². The Balaban J connectivity index is 1.58. The Hall–Kier alpha value is -2.64. The maximum Gasteiger partial charge on any atom is 0.318 e. The van der Waals surface area contributed by atoms with Crippen LogP contribution in [0.1, 0.15) is 43.0 Å². The van der Waals surface area contributed by atoms with Crippen molar-refractivity contribution in [3.63, 3.8) is 0 Å². The Morgan fingerprint density at radius 1 is 1.26 bits per heavy atom. The number of hydrogen-bond donors (Lipinski definition) is 1. The third kappa shape index (κ3) is 4.91. The van der Waals surface area contributed by atoms with Crippen molar-refractivity contribution in [1.82, 2.24) is 10.2 Å². The lowest BCUT2D eigenvalue weighted by atomic mass is 9.68. The van der Waals surface area contributed by atoms with Crippen molar-refractivity contribution in [2.75, 3.05) is 13.2 Å². The molecule has 2 atom stereocenters. The average Bonchev–Trinajstić information content (AvgIpc) is 3.44. The van der Waals surface area contributed by atoms with Gasteiger partial charge in [0.2, 0.25) is 11.8 Å². The molecule has 0 bridgehead atoms. The first-order chi connectivity index (χ1) is 16.5. The number of carbonyl (C=O) groups is 3. The quantitative estimate of drug-likeness (QED) is 0.505.